The first kappa shape index (κ1) is 9.15. The van der Waals surface area contributed by atoms with Crippen LogP contribution in [0, 0.1) is 6.92 Å². The molecular formula is C10H9NO2S. The van der Waals surface area contributed by atoms with Crippen LogP contribution in [-0.2, 0) is 11.2 Å². The van der Waals surface area contributed by atoms with E-state index in [1.807, 2.05) is 25.1 Å². The van der Waals surface area contributed by atoms with Gasteiger partial charge >= 0.3 is 5.97 Å². The second-order valence-corrected chi connectivity index (χ2v) is 4.30. The van der Waals surface area contributed by atoms with E-state index in [1.165, 1.54) is 0 Å². The summed E-state index contributed by atoms with van der Waals surface area (Å²) in [5.74, 6) is -0.817. The lowest BCUT2D eigenvalue weighted by Gasteiger charge is -1.96. The molecule has 4 heteroatoms. The molecule has 0 aliphatic rings. The standard InChI is InChI=1S/C10H9NO2S/c1-6-11-10-7(5-9(12)13)3-2-4-8(10)14-6/h2-4H,5H2,1H3,(H,12,13). The van der Waals surface area contributed by atoms with Crippen LogP contribution in [0.25, 0.3) is 10.2 Å². The van der Waals surface area contributed by atoms with Crippen molar-refractivity contribution in [3.05, 3.63) is 28.8 Å². The van der Waals surface area contributed by atoms with Crippen LogP contribution in [0.5, 0.6) is 0 Å². The predicted octanol–water partition coefficient (Wildman–Crippen LogP) is 2.23. The van der Waals surface area contributed by atoms with Crippen LogP contribution >= 0.6 is 11.3 Å². The first-order valence-corrected chi connectivity index (χ1v) is 5.05. The minimum absolute atomic E-state index is 0.0422. The summed E-state index contributed by atoms with van der Waals surface area (Å²) in [6.07, 6.45) is 0.0422. The highest BCUT2D eigenvalue weighted by Gasteiger charge is 2.08. The fourth-order valence-corrected chi connectivity index (χ4v) is 2.30. The normalized spacial score (nSPS) is 10.6. The second-order valence-electron chi connectivity index (χ2n) is 3.07. The molecule has 1 heterocycles. The van der Waals surface area contributed by atoms with E-state index in [-0.39, 0.29) is 6.42 Å². The molecule has 1 N–H and O–H groups in total. The monoisotopic (exact) mass is 207 g/mol. The summed E-state index contributed by atoms with van der Waals surface area (Å²) in [6.45, 7) is 1.93. The van der Waals surface area contributed by atoms with Gasteiger partial charge in [-0.25, -0.2) is 4.98 Å². The molecular weight excluding hydrogens is 198 g/mol. The van der Waals surface area contributed by atoms with Crippen molar-refractivity contribution in [3.63, 3.8) is 0 Å². The van der Waals surface area contributed by atoms with Gasteiger partial charge in [-0.3, -0.25) is 4.79 Å². The Morgan fingerprint density at radius 2 is 2.36 bits per heavy atom. The zero-order chi connectivity index (χ0) is 10.1. The van der Waals surface area contributed by atoms with Crippen molar-refractivity contribution >= 4 is 27.5 Å². The maximum Gasteiger partial charge on any atom is 0.307 e. The predicted molar refractivity (Wildman–Crippen MR) is 55.7 cm³/mol. The fraction of sp³-hybridized carbons (Fsp3) is 0.200. The number of fused-ring (bicyclic) bond motifs is 1. The van der Waals surface area contributed by atoms with Crippen LogP contribution in [0.15, 0.2) is 18.2 Å². The van der Waals surface area contributed by atoms with Crippen molar-refractivity contribution in [1.82, 2.24) is 4.98 Å². The number of thiazole rings is 1. The first-order chi connectivity index (χ1) is 6.66. The fourth-order valence-electron chi connectivity index (χ4n) is 1.42. The summed E-state index contributed by atoms with van der Waals surface area (Å²) in [4.78, 5) is 14.9. The SMILES string of the molecule is Cc1nc2c(CC(=O)O)cccc2s1. The van der Waals surface area contributed by atoms with E-state index in [0.29, 0.717) is 0 Å². The van der Waals surface area contributed by atoms with Gasteiger partial charge in [0.1, 0.15) is 0 Å². The van der Waals surface area contributed by atoms with E-state index < -0.39 is 5.97 Å². The maximum atomic E-state index is 10.6. The third-order valence-electron chi connectivity index (χ3n) is 1.95. The van der Waals surface area contributed by atoms with E-state index in [2.05, 4.69) is 4.98 Å². The molecule has 0 unspecified atom stereocenters. The number of para-hydroxylation sites is 1. The number of benzene rings is 1. The number of aliphatic carboxylic acids is 1. The Labute approximate surface area is 85.0 Å². The van der Waals surface area contributed by atoms with Gasteiger partial charge in [-0.15, -0.1) is 11.3 Å². The summed E-state index contributed by atoms with van der Waals surface area (Å²) in [6, 6.07) is 5.65. The highest BCUT2D eigenvalue weighted by Crippen LogP contribution is 2.24. The Morgan fingerprint density at radius 1 is 1.57 bits per heavy atom. The number of aromatic nitrogens is 1. The molecule has 0 radical (unpaired) electrons. The molecule has 1 aromatic heterocycles. The molecule has 0 fully saturated rings. The zero-order valence-electron chi connectivity index (χ0n) is 7.65. The van der Waals surface area contributed by atoms with Crippen LogP contribution in [0.3, 0.4) is 0 Å². The molecule has 0 aliphatic carbocycles. The van der Waals surface area contributed by atoms with E-state index in [9.17, 15) is 4.79 Å². The molecule has 0 bridgehead atoms. The van der Waals surface area contributed by atoms with Gasteiger partial charge in [-0.2, -0.15) is 0 Å². The number of carboxylic acids is 1. The Bertz CT molecular complexity index is 490. The average molecular weight is 207 g/mol. The number of carboxylic acid groups (broad SMARTS) is 1. The molecule has 2 aromatic rings. The largest absolute Gasteiger partial charge is 0.481 e. The van der Waals surface area contributed by atoms with E-state index >= 15 is 0 Å². The molecule has 0 spiro atoms. The summed E-state index contributed by atoms with van der Waals surface area (Å²) >= 11 is 1.59. The number of hydrogen-bond donors (Lipinski definition) is 1. The third kappa shape index (κ3) is 1.61. The molecule has 1 aromatic carbocycles. The van der Waals surface area contributed by atoms with Crippen molar-refractivity contribution in [2.75, 3.05) is 0 Å². The minimum atomic E-state index is -0.817. The quantitative estimate of drug-likeness (QED) is 0.821. The Morgan fingerprint density at radius 3 is 3.07 bits per heavy atom. The van der Waals surface area contributed by atoms with Gasteiger partial charge in [0, 0.05) is 0 Å². The molecule has 0 amide bonds. The molecule has 0 aliphatic heterocycles. The van der Waals surface area contributed by atoms with Gasteiger partial charge < -0.3 is 5.11 Å². The zero-order valence-corrected chi connectivity index (χ0v) is 8.47. The molecule has 14 heavy (non-hydrogen) atoms. The van der Waals surface area contributed by atoms with Gasteiger partial charge in [-0.05, 0) is 18.6 Å². The number of hydrogen-bond acceptors (Lipinski definition) is 3. The van der Waals surface area contributed by atoms with Crippen molar-refractivity contribution in [1.29, 1.82) is 0 Å². The molecule has 72 valence electrons. The van der Waals surface area contributed by atoms with Crippen molar-refractivity contribution < 1.29 is 9.90 Å². The Hall–Kier alpha value is -1.42. The number of aryl methyl sites for hydroxylation is 1. The van der Waals surface area contributed by atoms with Crippen LogP contribution in [0.2, 0.25) is 0 Å². The number of rotatable bonds is 2. The van der Waals surface area contributed by atoms with Crippen molar-refractivity contribution in [2.45, 2.75) is 13.3 Å². The van der Waals surface area contributed by atoms with Crippen molar-refractivity contribution in [3.8, 4) is 0 Å². The van der Waals surface area contributed by atoms with Gasteiger partial charge in [0.2, 0.25) is 0 Å². The Kier molecular flexibility index (Phi) is 2.21. The minimum Gasteiger partial charge on any atom is -0.481 e. The van der Waals surface area contributed by atoms with Crippen LogP contribution < -0.4 is 0 Å². The average Bonchev–Trinajstić information content (AvgIpc) is 2.45. The van der Waals surface area contributed by atoms with Gasteiger partial charge in [0.15, 0.2) is 0 Å². The van der Waals surface area contributed by atoms with Crippen LogP contribution in [0.4, 0.5) is 0 Å². The number of carbonyl (C=O) groups is 1. The second kappa shape index (κ2) is 3.38. The topological polar surface area (TPSA) is 50.2 Å². The summed E-state index contributed by atoms with van der Waals surface area (Å²) in [5, 5.41) is 9.68. The lowest BCUT2D eigenvalue weighted by atomic mass is 10.1. The van der Waals surface area contributed by atoms with Crippen LogP contribution in [0.1, 0.15) is 10.6 Å². The molecule has 0 atom stereocenters. The third-order valence-corrected chi connectivity index (χ3v) is 2.89. The smallest absolute Gasteiger partial charge is 0.307 e. The molecule has 0 saturated heterocycles. The van der Waals surface area contributed by atoms with Crippen LogP contribution in [-0.4, -0.2) is 16.1 Å². The molecule has 3 nitrogen and oxygen atoms in total. The Balaban J connectivity index is 2.58. The summed E-state index contributed by atoms with van der Waals surface area (Å²) in [5.41, 5.74) is 1.62. The molecule has 0 saturated carbocycles. The number of nitrogens with zero attached hydrogens (tertiary/aromatic N) is 1. The van der Waals surface area contributed by atoms with Crippen molar-refractivity contribution in [2.24, 2.45) is 0 Å². The van der Waals surface area contributed by atoms with E-state index in [4.69, 9.17) is 5.11 Å². The molecule has 2 rings (SSSR count). The van der Waals surface area contributed by atoms with Gasteiger partial charge in [0.05, 0.1) is 21.6 Å². The highest BCUT2D eigenvalue weighted by atomic mass is 32.1. The lowest BCUT2D eigenvalue weighted by Crippen LogP contribution is -2.00. The van der Waals surface area contributed by atoms with Gasteiger partial charge in [0.25, 0.3) is 0 Å². The first-order valence-electron chi connectivity index (χ1n) is 4.23. The van der Waals surface area contributed by atoms with E-state index in [0.717, 1.165) is 20.8 Å². The maximum absolute atomic E-state index is 10.6. The highest BCUT2D eigenvalue weighted by molar-refractivity contribution is 7.18. The summed E-state index contributed by atoms with van der Waals surface area (Å²) < 4.78 is 1.06. The van der Waals surface area contributed by atoms with E-state index in [1.54, 1.807) is 11.3 Å². The van der Waals surface area contributed by atoms with Gasteiger partial charge in [-0.1, -0.05) is 12.1 Å². The summed E-state index contributed by atoms with van der Waals surface area (Å²) in [7, 11) is 0. The lowest BCUT2D eigenvalue weighted by molar-refractivity contribution is -0.136.